The zero-order valence-electron chi connectivity index (χ0n) is 19.2. The lowest BCUT2D eigenvalue weighted by atomic mass is 9.65. The average molecular weight is 438 g/mol. The van der Waals surface area contributed by atoms with Crippen LogP contribution in [-0.4, -0.2) is 71.7 Å². The van der Waals surface area contributed by atoms with E-state index in [1.54, 1.807) is 11.9 Å². The van der Waals surface area contributed by atoms with E-state index in [0.29, 0.717) is 32.4 Å². The molecule has 3 amide bonds. The number of unbranched alkanes of at least 4 members (excludes halogenated alkanes) is 4. The number of rotatable bonds is 12. The molecule has 1 spiro atoms. The molecule has 3 rings (SSSR count). The maximum atomic E-state index is 13.7. The number of nitrogens with one attached hydrogen (secondary N) is 2. The molecule has 0 radical (unpaired) electrons. The zero-order chi connectivity index (χ0) is 22.6. The van der Waals surface area contributed by atoms with Crippen molar-refractivity contribution in [1.29, 1.82) is 0 Å². The normalized spacial score (nSPS) is 33.6. The summed E-state index contributed by atoms with van der Waals surface area (Å²) >= 11 is 0. The van der Waals surface area contributed by atoms with E-state index in [4.69, 9.17) is 9.84 Å². The Hall–Kier alpha value is -1.67. The Kier molecular flexibility index (Phi) is 7.63. The summed E-state index contributed by atoms with van der Waals surface area (Å²) in [6, 6.07) is -0.692. The number of hydrogen-bond donors (Lipinski definition) is 3. The molecule has 8 nitrogen and oxygen atoms in total. The number of carbonyl (C=O) groups is 3. The molecule has 0 aromatic rings. The number of nitrogens with zero attached hydrogens (tertiary/aromatic N) is 1. The minimum Gasteiger partial charge on any atom is -0.396 e. The second-order valence-corrected chi connectivity index (χ2v) is 9.26. The van der Waals surface area contributed by atoms with Gasteiger partial charge in [-0.2, -0.15) is 0 Å². The van der Waals surface area contributed by atoms with Crippen molar-refractivity contribution in [2.75, 3.05) is 26.7 Å². The second-order valence-electron chi connectivity index (χ2n) is 9.26. The number of amides is 3. The molecule has 0 aromatic heterocycles. The van der Waals surface area contributed by atoms with E-state index in [9.17, 15) is 14.4 Å². The first kappa shape index (κ1) is 24.0. The van der Waals surface area contributed by atoms with Crippen molar-refractivity contribution in [2.45, 2.75) is 88.9 Å². The first-order valence-corrected chi connectivity index (χ1v) is 12.0. The predicted octanol–water partition coefficient (Wildman–Crippen LogP) is 1.36. The molecular formula is C23H39N3O5. The molecule has 3 heterocycles. The smallest absolute Gasteiger partial charge is 0.245 e. The molecule has 3 fully saturated rings. The van der Waals surface area contributed by atoms with Crippen LogP contribution in [0.5, 0.6) is 0 Å². The molecule has 5 atom stereocenters. The third kappa shape index (κ3) is 3.97. The summed E-state index contributed by atoms with van der Waals surface area (Å²) in [4.78, 5) is 41.6. The van der Waals surface area contributed by atoms with Crippen molar-refractivity contribution in [1.82, 2.24) is 15.5 Å². The van der Waals surface area contributed by atoms with Gasteiger partial charge < -0.3 is 25.4 Å². The molecular weight excluding hydrogens is 398 g/mol. The highest BCUT2D eigenvalue weighted by atomic mass is 16.5. The van der Waals surface area contributed by atoms with Crippen LogP contribution in [0.4, 0.5) is 0 Å². The number of likely N-dealkylation sites (tertiary alicyclic amines) is 1. The lowest BCUT2D eigenvalue weighted by Gasteiger charge is -2.33. The van der Waals surface area contributed by atoms with Gasteiger partial charge in [0.1, 0.15) is 11.6 Å². The maximum absolute atomic E-state index is 13.7. The number of carbonyl (C=O) groups excluding carboxylic acids is 3. The molecule has 0 aromatic carbocycles. The van der Waals surface area contributed by atoms with E-state index in [2.05, 4.69) is 17.6 Å². The van der Waals surface area contributed by atoms with E-state index >= 15 is 0 Å². The van der Waals surface area contributed by atoms with Crippen molar-refractivity contribution in [3.05, 3.63) is 0 Å². The maximum Gasteiger partial charge on any atom is 0.245 e. The number of fused-ring (bicyclic) bond motifs is 1. The first-order chi connectivity index (χ1) is 14.9. The molecule has 3 saturated heterocycles. The van der Waals surface area contributed by atoms with Gasteiger partial charge in [0, 0.05) is 26.7 Å². The molecule has 3 aliphatic heterocycles. The van der Waals surface area contributed by atoms with Crippen molar-refractivity contribution in [2.24, 2.45) is 11.8 Å². The topological polar surface area (TPSA) is 108 Å². The van der Waals surface area contributed by atoms with Crippen LogP contribution in [0.1, 0.15) is 71.6 Å². The molecule has 3 aliphatic rings. The molecule has 0 aliphatic carbocycles. The molecule has 3 N–H and O–H groups in total. The zero-order valence-corrected chi connectivity index (χ0v) is 19.2. The Morgan fingerprint density at radius 3 is 2.52 bits per heavy atom. The summed E-state index contributed by atoms with van der Waals surface area (Å²) in [5.41, 5.74) is -1.60. The fourth-order valence-electron chi connectivity index (χ4n) is 6.05. The Morgan fingerprint density at radius 2 is 1.87 bits per heavy atom. The van der Waals surface area contributed by atoms with E-state index in [1.807, 2.05) is 6.92 Å². The minimum absolute atomic E-state index is 0.124. The van der Waals surface area contributed by atoms with Crippen molar-refractivity contribution < 1.29 is 24.2 Å². The van der Waals surface area contributed by atoms with Crippen LogP contribution in [0.15, 0.2) is 0 Å². The Morgan fingerprint density at radius 1 is 1.13 bits per heavy atom. The van der Waals surface area contributed by atoms with Gasteiger partial charge in [-0.05, 0) is 38.5 Å². The molecule has 8 heteroatoms. The van der Waals surface area contributed by atoms with Crippen molar-refractivity contribution in [3.63, 3.8) is 0 Å². The van der Waals surface area contributed by atoms with Gasteiger partial charge >= 0.3 is 0 Å². The van der Waals surface area contributed by atoms with Crippen molar-refractivity contribution in [3.8, 4) is 0 Å². The van der Waals surface area contributed by atoms with Gasteiger partial charge in [-0.3, -0.25) is 14.4 Å². The number of aliphatic hydroxyl groups is 1. The highest BCUT2D eigenvalue weighted by Crippen LogP contribution is 2.64. The second kappa shape index (κ2) is 9.86. The number of aliphatic hydroxyl groups excluding tert-OH is 1. The quantitative estimate of drug-likeness (QED) is 0.400. The van der Waals surface area contributed by atoms with E-state index in [-0.39, 0.29) is 24.3 Å². The monoisotopic (exact) mass is 437 g/mol. The Labute approximate surface area is 185 Å². The third-order valence-electron chi connectivity index (χ3n) is 7.59. The Balaban J connectivity index is 1.89. The summed E-state index contributed by atoms with van der Waals surface area (Å²) in [6.45, 7) is 5.27. The van der Waals surface area contributed by atoms with Crippen LogP contribution in [0.25, 0.3) is 0 Å². The van der Waals surface area contributed by atoms with Gasteiger partial charge in [0.15, 0.2) is 0 Å². The number of hydrogen-bond acceptors (Lipinski definition) is 5. The van der Waals surface area contributed by atoms with Crippen LogP contribution >= 0.6 is 0 Å². The summed E-state index contributed by atoms with van der Waals surface area (Å²) in [5, 5.41) is 14.7. The van der Waals surface area contributed by atoms with Crippen molar-refractivity contribution >= 4 is 17.7 Å². The summed E-state index contributed by atoms with van der Waals surface area (Å²) < 4.78 is 6.62. The van der Waals surface area contributed by atoms with Crippen LogP contribution in [0.3, 0.4) is 0 Å². The molecule has 0 saturated carbocycles. The lowest BCUT2D eigenvalue weighted by Crippen LogP contribution is -2.55. The molecule has 2 bridgehead atoms. The van der Waals surface area contributed by atoms with Crippen LogP contribution < -0.4 is 10.6 Å². The van der Waals surface area contributed by atoms with Crippen LogP contribution in [-0.2, 0) is 19.1 Å². The molecule has 31 heavy (non-hydrogen) atoms. The van der Waals surface area contributed by atoms with E-state index < -0.39 is 29.1 Å². The third-order valence-corrected chi connectivity index (χ3v) is 7.59. The van der Waals surface area contributed by atoms with E-state index in [0.717, 1.165) is 38.5 Å². The summed E-state index contributed by atoms with van der Waals surface area (Å²) in [7, 11) is 1.59. The summed E-state index contributed by atoms with van der Waals surface area (Å²) in [5.74, 6) is -1.63. The highest BCUT2D eigenvalue weighted by Gasteiger charge is 2.78. The van der Waals surface area contributed by atoms with Gasteiger partial charge in [-0.15, -0.1) is 0 Å². The highest BCUT2D eigenvalue weighted by molar-refractivity contribution is 5.99. The SMILES string of the molecule is CCCCNC(=O)C1N(CCCCCCO)C(=O)[C@@H]2[C@@H](C(=O)NC)[C@@]3(CC)CCC12O3. The molecule has 176 valence electrons. The minimum atomic E-state index is -0.925. The summed E-state index contributed by atoms with van der Waals surface area (Å²) in [6.07, 6.45) is 7.07. The lowest BCUT2D eigenvalue weighted by molar-refractivity contribution is -0.147. The van der Waals surface area contributed by atoms with Gasteiger partial charge in [-0.1, -0.05) is 33.1 Å². The van der Waals surface area contributed by atoms with E-state index in [1.165, 1.54) is 0 Å². The predicted molar refractivity (Wildman–Crippen MR) is 116 cm³/mol. The standard InChI is InChI=1S/C23H39N3O5/c1-4-6-13-25-20(29)18-23-12-11-22(5-2,31-23)16(19(28)24-3)17(23)21(30)26(18)14-9-7-8-10-15-27/h16-18,27H,4-15H2,1-3H3,(H,24,28)(H,25,29)/t16-,17-,18?,22+,23?/m0/s1. The Bertz CT molecular complexity index is 686. The largest absolute Gasteiger partial charge is 0.396 e. The fourth-order valence-corrected chi connectivity index (χ4v) is 6.05. The molecule has 2 unspecified atom stereocenters. The number of ether oxygens (including phenoxy) is 1. The fraction of sp³-hybridized carbons (Fsp3) is 0.870. The van der Waals surface area contributed by atoms with Crippen LogP contribution in [0.2, 0.25) is 0 Å². The average Bonchev–Trinajstić information content (AvgIpc) is 3.37. The van der Waals surface area contributed by atoms with Gasteiger partial charge in [0.05, 0.1) is 17.4 Å². The first-order valence-electron chi connectivity index (χ1n) is 12.0. The van der Waals surface area contributed by atoms with Gasteiger partial charge in [0.2, 0.25) is 17.7 Å². The van der Waals surface area contributed by atoms with Gasteiger partial charge in [0.25, 0.3) is 0 Å². The van der Waals surface area contributed by atoms with Crippen LogP contribution in [0, 0.1) is 11.8 Å². The van der Waals surface area contributed by atoms with Gasteiger partial charge in [-0.25, -0.2) is 0 Å².